The number of halogens is 1. The first kappa shape index (κ1) is 21.3. The Balaban J connectivity index is 1.19. The van der Waals surface area contributed by atoms with Crippen molar-refractivity contribution in [3.05, 3.63) is 70.6 Å². The lowest BCUT2D eigenvalue weighted by Gasteiger charge is -2.35. The van der Waals surface area contributed by atoms with Gasteiger partial charge in [-0.15, -0.1) is 0 Å². The van der Waals surface area contributed by atoms with E-state index in [0.717, 1.165) is 54.7 Å². The van der Waals surface area contributed by atoms with Gasteiger partial charge in [0.05, 0.1) is 30.7 Å². The number of rotatable bonds is 8. The highest BCUT2D eigenvalue weighted by Crippen LogP contribution is 2.16. The average molecular weight is 429 g/mol. The van der Waals surface area contributed by atoms with Gasteiger partial charge in [-0.25, -0.2) is 4.98 Å². The molecule has 30 heavy (non-hydrogen) atoms. The Morgan fingerprint density at radius 1 is 1.07 bits per heavy atom. The summed E-state index contributed by atoms with van der Waals surface area (Å²) in [4.78, 5) is 9.44. The second kappa shape index (κ2) is 9.90. The molecular formula is C23H29ClN4O2. The van der Waals surface area contributed by atoms with Crippen LogP contribution in [0.1, 0.15) is 17.0 Å². The van der Waals surface area contributed by atoms with Gasteiger partial charge in [-0.2, -0.15) is 0 Å². The summed E-state index contributed by atoms with van der Waals surface area (Å²) in [5.74, 6) is 0. The van der Waals surface area contributed by atoms with Gasteiger partial charge in [0.2, 0.25) is 0 Å². The molecule has 6 nitrogen and oxygen atoms in total. The molecule has 0 aliphatic carbocycles. The number of hydrogen-bond acceptors (Lipinski definition) is 5. The number of pyridine rings is 1. The SMILES string of the molecule is Cc1nc2ccccn2c1CN1CCN(C[C@@H](O)COCc2ccc(Cl)cc2)CC1. The molecule has 4 rings (SSSR count). The first-order valence-electron chi connectivity index (χ1n) is 10.5. The van der Waals surface area contributed by atoms with Crippen molar-refractivity contribution in [3.63, 3.8) is 0 Å². The highest BCUT2D eigenvalue weighted by molar-refractivity contribution is 6.30. The van der Waals surface area contributed by atoms with Crippen molar-refractivity contribution in [2.45, 2.75) is 26.2 Å². The van der Waals surface area contributed by atoms with E-state index in [-0.39, 0.29) is 0 Å². The maximum absolute atomic E-state index is 10.3. The summed E-state index contributed by atoms with van der Waals surface area (Å²) in [6.07, 6.45) is 1.60. The van der Waals surface area contributed by atoms with E-state index in [9.17, 15) is 5.11 Å². The molecule has 0 unspecified atom stereocenters. The van der Waals surface area contributed by atoms with Crippen molar-refractivity contribution in [1.29, 1.82) is 0 Å². The Bertz CT molecular complexity index is 951. The van der Waals surface area contributed by atoms with Crippen LogP contribution < -0.4 is 0 Å². The predicted octanol–water partition coefficient (Wildman–Crippen LogP) is 2.99. The minimum atomic E-state index is -0.482. The largest absolute Gasteiger partial charge is 0.389 e. The number of aliphatic hydroxyl groups is 1. The fourth-order valence-electron chi connectivity index (χ4n) is 3.94. The molecule has 2 aromatic heterocycles. The molecule has 1 aliphatic heterocycles. The molecule has 0 saturated carbocycles. The molecule has 1 aromatic carbocycles. The third-order valence-electron chi connectivity index (χ3n) is 5.63. The van der Waals surface area contributed by atoms with Crippen molar-refractivity contribution >= 4 is 17.2 Å². The Hall–Kier alpha value is -1.96. The van der Waals surface area contributed by atoms with Crippen LogP contribution in [0.5, 0.6) is 0 Å². The number of fused-ring (bicyclic) bond motifs is 1. The molecule has 0 amide bonds. The molecule has 1 aliphatic rings. The van der Waals surface area contributed by atoms with Crippen LogP contribution in [0.3, 0.4) is 0 Å². The van der Waals surface area contributed by atoms with E-state index in [0.29, 0.717) is 19.8 Å². The molecule has 3 aromatic rings. The molecule has 0 radical (unpaired) electrons. The van der Waals surface area contributed by atoms with Crippen molar-refractivity contribution in [1.82, 2.24) is 19.2 Å². The Labute approximate surface area is 182 Å². The Morgan fingerprint density at radius 3 is 2.57 bits per heavy atom. The topological polar surface area (TPSA) is 53.2 Å². The fraction of sp³-hybridized carbons (Fsp3) is 0.435. The average Bonchev–Trinajstić information content (AvgIpc) is 3.06. The standard InChI is InChI=1S/C23H29ClN4O2/c1-18-22(28-9-3-2-4-23(28)25-18)15-27-12-10-26(11-13-27)14-21(29)17-30-16-19-5-7-20(24)8-6-19/h2-9,21,29H,10-17H2,1H3/t21-/m1/s1. The van der Waals surface area contributed by atoms with Crippen LogP contribution in [0.2, 0.25) is 5.02 Å². The number of aryl methyl sites for hydroxylation is 1. The van der Waals surface area contributed by atoms with Gasteiger partial charge in [-0.1, -0.05) is 29.8 Å². The summed E-state index contributed by atoms with van der Waals surface area (Å²) < 4.78 is 7.85. The van der Waals surface area contributed by atoms with E-state index in [1.165, 1.54) is 5.69 Å². The molecule has 0 bridgehead atoms. The molecular weight excluding hydrogens is 400 g/mol. The number of aliphatic hydroxyl groups excluding tert-OH is 1. The van der Waals surface area contributed by atoms with Crippen molar-refractivity contribution in [2.75, 3.05) is 39.3 Å². The summed E-state index contributed by atoms with van der Waals surface area (Å²) in [7, 11) is 0. The van der Waals surface area contributed by atoms with Gasteiger partial charge in [0.15, 0.2) is 0 Å². The Kier molecular flexibility index (Phi) is 7.02. The number of aromatic nitrogens is 2. The maximum Gasteiger partial charge on any atom is 0.137 e. The van der Waals surface area contributed by atoms with Crippen molar-refractivity contribution in [2.24, 2.45) is 0 Å². The highest BCUT2D eigenvalue weighted by Gasteiger charge is 2.21. The molecule has 3 heterocycles. The van der Waals surface area contributed by atoms with E-state index in [1.807, 2.05) is 42.5 Å². The predicted molar refractivity (Wildman–Crippen MR) is 119 cm³/mol. The third kappa shape index (κ3) is 5.39. The number of β-amino-alcohol motifs (C(OH)–C–C–N with tert-alkyl or cyclic N) is 1. The smallest absolute Gasteiger partial charge is 0.137 e. The van der Waals surface area contributed by atoms with Gasteiger partial charge >= 0.3 is 0 Å². The van der Waals surface area contributed by atoms with Crippen LogP contribution in [0.4, 0.5) is 0 Å². The molecule has 1 atom stereocenters. The third-order valence-corrected chi connectivity index (χ3v) is 5.88. The minimum absolute atomic E-state index is 0.337. The number of piperazine rings is 1. The minimum Gasteiger partial charge on any atom is -0.389 e. The van der Waals surface area contributed by atoms with E-state index in [4.69, 9.17) is 16.3 Å². The van der Waals surface area contributed by atoms with E-state index >= 15 is 0 Å². The highest BCUT2D eigenvalue weighted by atomic mass is 35.5. The second-order valence-corrected chi connectivity index (χ2v) is 8.38. The molecule has 1 N–H and O–H groups in total. The summed E-state index contributed by atoms with van der Waals surface area (Å²) in [5.41, 5.74) is 4.42. The number of benzene rings is 1. The summed E-state index contributed by atoms with van der Waals surface area (Å²) >= 11 is 5.89. The van der Waals surface area contributed by atoms with Crippen LogP contribution in [0, 0.1) is 6.92 Å². The lowest BCUT2D eigenvalue weighted by atomic mass is 10.2. The van der Waals surface area contributed by atoms with Crippen molar-refractivity contribution in [3.8, 4) is 0 Å². The van der Waals surface area contributed by atoms with Gasteiger partial charge in [0.1, 0.15) is 5.65 Å². The summed E-state index contributed by atoms with van der Waals surface area (Å²) in [6.45, 7) is 8.31. The van der Waals surface area contributed by atoms with E-state index in [2.05, 4.69) is 32.3 Å². The van der Waals surface area contributed by atoms with Gasteiger partial charge in [-0.3, -0.25) is 9.80 Å². The van der Waals surface area contributed by atoms with Crippen LogP contribution in [0.25, 0.3) is 5.65 Å². The zero-order valence-electron chi connectivity index (χ0n) is 17.4. The zero-order chi connectivity index (χ0) is 20.9. The molecule has 1 fully saturated rings. The first-order valence-corrected chi connectivity index (χ1v) is 10.8. The van der Waals surface area contributed by atoms with E-state index < -0.39 is 6.10 Å². The van der Waals surface area contributed by atoms with Crippen LogP contribution >= 0.6 is 11.6 Å². The van der Waals surface area contributed by atoms with Crippen LogP contribution in [-0.2, 0) is 17.9 Å². The van der Waals surface area contributed by atoms with Crippen molar-refractivity contribution < 1.29 is 9.84 Å². The monoisotopic (exact) mass is 428 g/mol. The maximum atomic E-state index is 10.3. The Morgan fingerprint density at radius 2 is 1.80 bits per heavy atom. The lowest BCUT2D eigenvalue weighted by Crippen LogP contribution is -2.48. The van der Waals surface area contributed by atoms with Crippen LogP contribution in [-0.4, -0.2) is 69.7 Å². The van der Waals surface area contributed by atoms with Gasteiger partial charge in [0, 0.05) is 50.5 Å². The molecule has 0 spiro atoms. The number of imidazole rings is 1. The summed E-state index contributed by atoms with van der Waals surface area (Å²) in [6, 6.07) is 13.7. The molecule has 7 heteroatoms. The first-order chi connectivity index (χ1) is 14.6. The normalized spacial score (nSPS) is 16.9. The molecule has 160 valence electrons. The zero-order valence-corrected chi connectivity index (χ0v) is 18.1. The fourth-order valence-corrected chi connectivity index (χ4v) is 4.07. The number of hydrogen-bond donors (Lipinski definition) is 1. The quantitative estimate of drug-likeness (QED) is 0.597. The van der Waals surface area contributed by atoms with Crippen LogP contribution in [0.15, 0.2) is 48.7 Å². The lowest BCUT2D eigenvalue weighted by molar-refractivity contribution is 0.000778. The number of nitrogens with zero attached hydrogens (tertiary/aromatic N) is 4. The van der Waals surface area contributed by atoms with Gasteiger partial charge in [0.25, 0.3) is 0 Å². The second-order valence-electron chi connectivity index (χ2n) is 7.94. The number of ether oxygens (including phenoxy) is 1. The van der Waals surface area contributed by atoms with Gasteiger partial charge in [-0.05, 0) is 36.8 Å². The summed E-state index contributed by atoms with van der Waals surface area (Å²) in [5, 5.41) is 11.1. The molecule has 1 saturated heterocycles. The van der Waals surface area contributed by atoms with Gasteiger partial charge < -0.3 is 14.2 Å². The van der Waals surface area contributed by atoms with E-state index in [1.54, 1.807) is 0 Å².